The smallest absolute Gasteiger partial charge is 0.0824 e. The van der Waals surface area contributed by atoms with E-state index in [-0.39, 0.29) is 0 Å². The van der Waals surface area contributed by atoms with Gasteiger partial charge in [-0.3, -0.25) is 4.90 Å². The summed E-state index contributed by atoms with van der Waals surface area (Å²) < 4.78 is 6.77. The number of hydrogen-bond donors (Lipinski definition) is 0. The summed E-state index contributed by atoms with van der Waals surface area (Å²) in [6.45, 7) is 5.54. The van der Waals surface area contributed by atoms with Crippen LogP contribution < -0.4 is 0 Å². The highest BCUT2D eigenvalue weighted by Crippen LogP contribution is 2.39. The Bertz CT molecular complexity index is 806. The summed E-state index contributed by atoms with van der Waals surface area (Å²) in [6.07, 6.45) is 1.54. The predicted molar refractivity (Wildman–Crippen MR) is 102 cm³/mol. The van der Waals surface area contributed by atoms with E-state index in [9.17, 15) is 0 Å². The first-order valence-corrected chi connectivity index (χ1v) is 10.2. The van der Waals surface area contributed by atoms with Gasteiger partial charge in [0.1, 0.15) is 0 Å². The third-order valence-electron chi connectivity index (χ3n) is 4.95. The van der Waals surface area contributed by atoms with Gasteiger partial charge < -0.3 is 4.74 Å². The molecule has 0 bridgehead atoms. The lowest BCUT2D eigenvalue weighted by molar-refractivity contribution is -0.0284. The number of aromatic nitrogens is 1. The van der Waals surface area contributed by atoms with Crippen LogP contribution in [0.3, 0.4) is 0 Å². The van der Waals surface area contributed by atoms with Crippen molar-refractivity contribution in [2.45, 2.75) is 25.4 Å². The maximum atomic E-state index is 5.38. The van der Waals surface area contributed by atoms with Gasteiger partial charge in [-0.05, 0) is 23.4 Å². The molecule has 2 aromatic heterocycles. The molecule has 4 rings (SSSR count). The predicted octanol–water partition coefficient (Wildman–Crippen LogP) is 4.38. The second-order valence-electron chi connectivity index (χ2n) is 6.44. The van der Waals surface area contributed by atoms with Crippen molar-refractivity contribution in [3.8, 4) is 0 Å². The fourth-order valence-electron chi connectivity index (χ4n) is 3.47. The summed E-state index contributed by atoms with van der Waals surface area (Å²) >= 11 is 3.63. The standard InChI is InChI=1S/C19H22N2OS2/c1-13(16-11-23-12-20-16)19-15-5-3-4-6-17(15)24-18(19)7-8-21-9-14(10-21)22-2/h3-6,11-14H,7-10H2,1-2H3/t13-/m0/s1. The Morgan fingerprint density at radius 1 is 1.33 bits per heavy atom. The molecule has 5 heteroatoms. The van der Waals surface area contributed by atoms with E-state index < -0.39 is 0 Å². The zero-order valence-corrected chi connectivity index (χ0v) is 15.7. The second kappa shape index (κ2) is 6.92. The van der Waals surface area contributed by atoms with Gasteiger partial charge in [0.25, 0.3) is 0 Å². The molecular weight excluding hydrogens is 336 g/mol. The number of ether oxygens (including phenoxy) is 1. The molecule has 0 radical (unpaired) electrons. The van der Waals surface area contributed by atoms with Crippen LogP contribution in [0.2, 0.25) is 0 Å². The molecule has 0 spiro atoms. The second-order valence-corrected chi connectivity index (χ2v) is 8.29. The molecule has 24 heavy (non-hydrogen) atoms. The average Bonchev–Trinajstić information content (AvgIpc) is 3.20. The molecular formula is C19H22N2OS2. The van der Waals surface area contributed by atoms with Crippen molar-refractivity contribution < 1.29 is 4.74 Å². The maximum Gasteiger partial charge on any atom is 0.0824 e. The third-order valence-corrected chi connectivity index (χ3v) is 6.80. The van der Waals surface area contributed by atoms with Crippen LogP contribution in [0.5, 0.6) is 0 Å². The van der Waals surface area contributed by atoms with Crippen LogP contribution in [0.4, 0.5) is 0 Å². The first-order valence-electron chi connectivity index (χ1n) is 8.39. The Hall–Kier alpha value is -1.27. The number of fused-ring (bicyclic) bond motifs is 1. The SMILES string of the molecule is COC1CN(CCc2sc3ccccc3c2[C@@H](C)c2cscn2)C1. The number of thiazole rings is 1. The largest absolute Gasteiger partial charge is 0.379 e. The van der Waals surface area contributed by atoms with Crippen molar-refractivity contribution >= 4 is 32.8 Å². The van der Waals surface area contributed by atoms with Gasteiger partial charge in [-0.2, -0.15) is 0 Å². The molecule has 1 atom stereocenters. The van der Waals surface area contributed by atoms with Crippen molar-refractivity contribution in [3.63, 3.8) is 0 Å². The lowest BCUT2D eigenvalue weighted by Crippen LogP contribution is -2.52. The van der Waals surface area contributed by atoms with E-state index in [1.807, 2.05) is 24.0 Å². The van der Waals surface area contributed by atoms with Crippen LogP contribution in [-0.4, -0.2) is 42.7 Å². The molecule has 1 aliphatic heterocycles. The highest BCUT2D eigenvalue weighted by Gasteiger charge is 2.27. The Morgan fingerprint density at radius 2 is 2.17 bits per heavy atom. The molecule has 0 aliphatic carbocycles. The molecule has 0 N–H and O–H groups in total. The van der Waals surface area contributed by atoms with Crippen molar-refractivity contribution in [2.75, 3.05) is 26.7 Å². The van der Waals surface area contributed by atoms with Crippen molar-refractivity contribution in [1.82, 2.24) is 9.88 Å². The Balaban J connectivity index is 1.61. The summed E-state index contributed by atoms with van der Waals surface area (Å²) in [5, 5.41) is 3.58. The van der Waals surface area contributed by atoms with Gasteiger partial charge in [-0.1, -0.05) is 25.1 Å². The molecule has 3 aromatic rings. The van der Waals surface area contributed by atoms with Gasteiger partial charge in [-0.15, -0.1) is 22.7 Å². The molecule has 0 unspecified atom stereocenters. The normalized spacial score (nSPS) is 17.2. The lowest BCUT2D eigenvalue weighted by Gasteiger charge is -2.38. The van der Waals surface area contributed by atoms with E-state index >= 15 is 0 Å². The summed E-state index contributed by atoms with van der Waals surface area (Å²) in [5.41, 5.74) is 4.60. The highest BCUT2D eigenvalue weighted by atomic mass is 32.1. The van der Waals surface area contributed by atoms with E-state index in [2.05, 4.69) is 46.5 Å². The molecule has 1 aliphatic rings. The van der Waals surface area contributed by atoms with E-state index in [0.717, 1.165) is 26.1 Å². The summed E-state index contributed by atoms with van der Waals surface area (Å²) in [4.78, 5) is 8.55. The molecule has 0 saturated carbocycles. The zero-order valence-electron chi connectivity index (χ0n) is 14.1. The summed E-state index contributed by atoms with van der Waals surface area (Å²) in [5.74, 6) is 0.352. The minimum atomic E-state index is 0.352. The van der Waals surface area contributed by atoms with Gasteiger partial charge >= 0.3 is 0 Å². The molecule has 1 fully saturated rings. The minimum Gasteiger partial charge on any atom is -0.379 e. The average molecular weight is 359 g/mol. The Kier molecular flexibility index (Phi) is 4.68. The fraction of sp³-hybridized carbons (Fsp3) is 0.421. The van der Waals surface area contributed by atoms with Gasteiger partial charge in [0.2, 0.25) is 0 Å². The number of benzene rings is 1. The third kappa shape index (κ3) is 3.02. The molecule has 1 saturated heterocycles. The van der Waals surface area contributed by atoms with Crippen LogP contribution in [0, 0.1) is 0 Å². The van der Waals surface area contributed by atoms with Crippen molar-refractivity contribution in [1.29, 1.82) is 0 Å². The number of methoxy groups -OCH3 is 1. The molecule has 3 heterocycles. The number of rotatable bonds is 6. The lowest BCUT2D eigenvalue weighted by atomic mass is 9.94. The Morgan fingerprint density at radius 3 is 2.92 bits per heavy atom. The number of nitrogens with zero attached hydrogens (tertiary/aromatic N) is 2. The van der Waals surface area contributed by atoms with Gasteiger partial charge in [0, 0.05) is 47.6 Å². The molecule has 1 aromatic carbocycles. The van der Waals surface area contributed by atoms with Gasteiger partial charge in [0.05, 0.1) is 17.3 Å². The van der Waals surface area contributed by atoms with E-state index in [1.54, 1.807) is 11.3 Å². The van der Waals surface area contributed by atoms with E-state index in [1.165, 1.54) is 26.2 Å². The Labute approximate surface area is 150 Å². The summed E-state index contributed by atoms with van der Waals surface area (Å²) in [7, 11) is 1.81. The molecule has 126 valence electrons. The van der Waals surface area contributed by atoms with E-state index in [0.29, 0.717) is 12.0 Å². The monoisotopic (exact) mass is 358 g/mol. The maximum absolute atomic E-state index is 5.38. The van der Waals surface area contributed by atoms with Gasteiger partial charge in [0.15, 0.2) is 0 Å². The van der Waals surface area contributed by atoms with Gasteiger partial charge in [-0.25, -0.2) is 4.98 Å². The van der Waals surface area contributed by atoms with Crippen LogP contribution >= 0.6 is 22.7 Å². The topological polar surface area (TPSA) is 25.4 Å². The van der Waals surface area contributed by atoms with Crippen molar-refractivity contribution in [2.24, 2.45) is 0 Å². The van der Waals surface area contributed by atoms with Crippen LogP contribution in [0.25, 0.3) is 10.1 Å². The highest BCUT2D eigenvalue weighted by molar-refractivity contribution is 7.19. The quantitative estimate of drug-likeness (QED) is 0.654. The van der Waals surface area contributed by atoms with Crippen LogP contribution in [0.1, 0.15) is 29.0 Å². The number of thiophene rings is 1. The summed E-state index contributed by atoms with van der Waals surface area (Å²) in [6, 6.07) is 8.79. The number of hydrogen-bond acceptors (Lipinski definition) is 5. The van der Waals surface area contributed by atoms with Crippen molar-refractivity contribution in [3.05, 3.63) is 51.3 Å². The molecule has 0 amide bonds. The zero-order chi connectivity index (χ0) is 16.5. The van der Waals surface area contributed by atoms with E-state index in [4.69, 9.17) is 4.74 Å². The van der Waals surface area contributed by atoms with Crippen LogP contribution in [0.15, 0.2) is 35.2 Å². The fourth-order valence-corrected chi connectivity index (χ4v) is 5.41. The first kappa shape index (κ1) is 16.2. The first-order chi connectivity index (χ1) is 11.8. The minimum absolute atomic E-state index is 0.352. The molecule has 3 nitrogen and oxygen atoms in total. The van der Waals surface area contributed by atoms with Crippen LogP contribution in [-0.2, 0) is 11.2 Å². The number of likely N-dealkylation sites (tertiary alicyclic amines) is 1.